The lowest BCUT2D eigenvalue weighted by Crippen LogP contribution is -2.40. The third-order valence-corrected chi connectivity index (χ3v) is 5.52. The van der Waals surface area contributed by atoms with E-state index in [1.54, 1.807) is 66.9 Å². The first-order chi connectivity index (χ1) is 16.5. The number of carbonyl (C=O) groups excluding carboxylic acids is 2. The number of benzene rings is 2. The van der Waals surface area contributed by atoms with Gasteiger partial charge in [-0.05, 0) is 29.8 Å². The van der Waals surface area contributed by atoms with Gasteiger partial charge in [-0.15, -0.1) is 0 Å². The van der Waals surface area contributed by atoms with Crippen molar-refractivity contribution < 1.29 is 23.5 Å². The van der Waals surface area contributed by atoms with Crippen LogP contribution >= 0.6 is 0 Å². The average Bonchev–Trinajstić information content (AvgIpc) is 3.42. The third kappa shape index (κ3) is 3.80. The van der Waals surface area contributed by atoms with Crippen molar-refractivity contribution in [1.29, 1.82) is 5.26 Å². The molecule has 0 amide bonds. The van der Waals surface area contributed by atoms with Crippen LogP contribution in [0.3, 0.4) is 0 Å². The summed E-state index contributed by atoms with van der Waals surface area (Å²) < 4.78 is 15.6. The number of nitriles is 1. The number of ether oxygens (including phenoxy) is 2. The van der Waals surface area contributed by atoms with Gasteiger partial charge >= 0.3 is 11.9 Å². The van der Waals surface area contributed by atoms with Crippen LogP contribution in [0, 0.1) is 11.3 Å². The van der Waals surface area contributed by atoms with Gasteiger partial charge < -0.3 is 19.6 Å². The molecule has 1 atom stereocenters. The number of nitrogens with zero attached hydrogens (tertiary/aromatic N) is 2. The van der Waals surface area contributed by atoms with Gasteiger partial charge in [0.2, 0.25) is 0 Å². The molecule has 0 bridgehead atoms. The quantitative estimate of drug-likeness (QED) is 0.577. The number of anilines is 1. The van der Waals surface area contributed by atoms with E-state index in [4.69, 9.17) is 19.6 Å². The average molecular weight is 455 g/mol. The number of furan rings is 1. The number of carbonyl (C=O) groups is 2. The highest BCUT2D eigenvalue weighted by Crippen LogP contribution is 2.43. The minimum atomic E-state index is -0.919. The summed E-state index contributed by atoms with van der Waals surface area (Å²) in [4.78, 5) is 27.5. The molecule has 8 nitrogen and oxygen atoms in total. The van der Waals surface area contributed by atoms with Crippen molar-refractivity contribution in [2.45, 2.75) is 5.92 Å². The van der Waals surface area contributed by atoms with Gasteiger partial charge in [-0.25, -0.2) is 9.59 Å². The zero-order chi connectivity index (χ0) is 24.2. The number of esters is 2. The second-order valence-electron chi connectivity index (χ2n) is 7.36. The summed E-state index contributed by atoms with van der Waals surface area (Å²) >= 11 is 0. The molecule has 1 aromatic heterocycles. The van der Waals surface area contributed by atoms with Crippen LogP contribution in [-0.4, -0.2) is 26.2 Å². The van der Waals surface area contributed by atoms with E-state index in [9.17, 15) is 14.9 Å². The molecule has 2 heterocycles. The van der Waals surface area contributed by atoms with Gasteiger partial charge in [-0.3, -0.25) is 4.90 Å². The third-order valence-electron chi connectivity index (χ3n) is 5.52. The van der Waals surface area contributed by atoms with Crippen LogP contribution < -0.4 is 10.6 Å². The standard InChI is InChI=1S/C26H21N3O5/c1-32-25(30)22-21(16-8-4-3-5-9-16)19(15-27)24(28)29(23(22)26(31)33-2)18-11-6-10-17(14-18)20-12-7-13-34-20/h3-14,21H,28H2,1-2H3. The van der Waals surface area contributed by atoms with E-state index in [0.29, 0.717) is 22.6 Å². The second-order valence-corrected chi connectivity index (χ2v) is 7.36. The summed E-state index contributed by atoms with van der Waals surface area (Å²) in [6.07, 6.45) is 1.55. The molecule has 0 aliphatic carbocycles. The number of methoxy groups -OCH3 is 2. The summed E-state index contributed by atoms with van der Waals surface area (Å²) in [6, 6.07) is 21.5. The van der Waals surface area contributed by atoms with Crippen molar-refractivity contribution in [3.63, 3.8) is 0 Å². The Balaban J connectivity index is 2.02. The van der Waals surface area contributed by atoms with Crippen molar-refractivity contribution in [3.8, 4) is 17.4 Å². The highest BCUT2D eigenvalue weighted by molar-refractivity contribution is 6.06. The zero-order valence-corrected chi connectivity index (χ0v) is 18.5. The summed E-state index contributed by atoms with van der Waals surface area (Å²) in [5, 5.41) is 10.1. The van der Waals surface area contributed by atoms with E-state index in [1.807, 2.05) is 6.07 Å². The molecule has 0 saturated heterocycles. The minimum absolute atomic E-state index is 0.000927. The highest BCUT2D eigenvalue weighted by atomic mass is 16.5. The number of hydrogen-bond donors (Lipinski definition) is 1. The molecule has 1 unspecified atom stereocenters. The first-order valence-corrected chi connectivity index (χ1v) is 10.3. The summed E-state index contributed by atoms with van der Waals surface area (Å²) in [5.74, 6) is -1.90. The maximum absolute atomic E-state index is 13.1. The second kappa shape index (κ2) is 9.38. The van der Waals surface area contributed by atoms with Gasteiger partial charge in [-0.2, -0.15) is 5.26 Å². The number of nitrogens with two attached hydrogens (primary N) is 1. The van der Waals surface area contributed by atoms with Crippen LogP contribution in [-0.2, 0) is 19.1 Å². The molecule has 2 aromatic carbocycles. The Morgan fingerprint density at radius 2 is 1.74 bits per heavy atom. The maximum atomic E-state index is 13.1. The molecule has 0 saturated carbocycles. The highest BCUT2D eigenvalue weighted by Gasteiger charge is 2.43. The Kier molecular flexibility index (Phi) is 6.19. The van der Waals surface area contributed by atoms with Crippen LogP contribution in [0.4, 0.5) is 5.69 Å². The summed E-state index contributed by atoms with van der Waals surface area (Å²) in [7, 11) is 2.42. The van der Waals surface area contributed by atoms with E-state index >= 15 is 0 Å². The Hall–Kier alpha value is -4.77. The summed E-state index contributed by atoms with van der Waals surface area (Å²) in [6.45, 7) is 0. The van der Waals surface area contributed by atoms with Crippen LogP contribution in [0.5, 0.6) is 0 Å². The molecule has 8 heteroatoms. The van der Waals surface area contributed by atoms with Crippen molar-refractivity contribution >= 4 is 17.6 Å². The molecule has 0 fully saturated rings. The molecule has 2 N–H and O–H groups in total. The number of hydrogen-bond acceptors (Lipinski definition) is 8. The molecule has 0 spiro atoms. The van der Waals surface area contributed by atoms with E-state index in [2.05, 4.69) is 6.07 Å². The fraction of sp³-hybridized carbons (Fsp3) is 0.115. The van der Waals surface area contributed by atoms with Gasteiger partial charge in [-0.1, -0.05) is 42.5 Å². The molecule has 1 aliphatic rings. The van der Waals surface area contributed by atoms with E-state index in [1.165, 1.54) is 19.1 Å². The van der Waals surface area contributed by atoms with E-state index in [-0.39, 0.29) is 22.7 Å². The van der Waals surface area contributed by atoms with Gasteiger partial charge in [0.1, 0.15) is 17.3 Å². The van der Waals surface area contributed by atoms with Crippen molar-refractivity contribution in [1.82, 2.24) is 0 Å². The predicted molar refractivity (Wildman–Crippen MR) is 124 cm³/mol. The SMILES string of the molecule is COC(=O)C1=C(C(=O)OC)N(c2cccc(-c3ccco3)c2)C(N)=C(C#N)C1c1ccccc1. The topological polar surface area (TPSA) is 119 Å². The molecule has 170 valence electrons. The molecule has 0 radical (unpaired) electrons. The zero-order valence-electron chi connectivity index (χ0n) is 18.5. The number of allylic oxidation sites excluding steroid dienone is 1. The molecule has 1 aliphatic heterocycles. The molecule has 34 heavy (non-hydrogen) atoms. The Bertz CT molecular complexity index is 1330. The maximum Gasteiger partial charge on any atom is 0.355 e. The van der Waals surface area contributed by atoms with E-state index in [0.717, 1.165) is 0 Å². The number of rotatable bonds is 5. The molecular formula is C26H21N3O5. The van der Waals surface area contributed by atoms with Gasteiger partial charge in [0, 0.05) is 11.3 Å². The van der Waals surface area contributed by atoms with Crippen LogP contribution in [0.15, 0.2) is 100 Å². The fourth-order valence-electron chi connectivity index (χ4n) is 4.02. The van der Waals surface area contributed by atoms with Gasteiger partial charge in [0.15, 0.2) is 0 Å². The lowest BCUT2D eigenvalue weighted by atomic mass is 9.81. The largest absolute Gasteiger partial charge is 0.466 e. The lowest BCUT2D eigenvalue weighted by molar-refractivity contribution is -0.139. The fourth-order valence-corrected chi connectivity index (χ4v) is 4.02. The van der Waals surface area contributed by atoms with Crippen LogP contribution in [0.1, 0.15) is 11.5 Å². The van der Waals surface area contributed by atoms with Crippen molar-refractivity contribution in [3.05, 3.63) is 101 Å². The smallest absolute Gasteiger partial charge is 0.355 e. The van der Waals surface area contributed by atoms with E-state index < -0.39 is 17.9 Å². The first-order valence-electron chi connectivity index (χ1n) is 10.3. The Morgan fingerprint density at radius 1 is 1.00 bits per heavy atom. The summed E-state index contributed by atoms with van der Waals surface area (Å²) in [5.41, 5.74) is 8.19. The van der Waals surface area contributed by atoms with Gasteiger partial charge in [0.05, 0.1) is 43.6 Å². The predicted octanol–water partition coefficient (Wildman–Crippen LogP) is 3.84. The Morgan fingerprint density at radius 3 is 2.35 bits per heavy atom. The molecule has 4 rings (SSSR count). The van der Waals surface area contributed by atoms with Crippen LogP contribution in [0.25, 0.3) is 11.3 Å². The van der Waals surface area contributed by atoms with Gasteiger partial charge in [0.25, 0.3) is 0 Å². The molecular weight excluding hydrogens is 434 g/mol. The lowest BCUT2D eigenvalue weighted by Gasteiger charge is -2.36. The van der Waals surface area contributed by atoms with Crippen molar-refractivity contribution in [2.24, 2.45) is 5.73 Å². The minimum Gasteiger partial charge on any atom is -0.466 e. The first kappa shape index (κ1) is 22.4. The molecule has 3 aromatic rings. The van der Waals surface area contributed by atoms with Crippen molar-refractivity contribution in [2.75, 3.05) is 19.1 Å². The normalized spacial score (nSPS) is 15.7. The monoisotopic (exact) mass is 455 g/mol. The Labute approximate surface area is 196 Å². The van der Waals surface area contributed by atoms with Crippen LogP contribution in [0.2, 0.25) is 0 Å².